The Labute approximate surface area is 139 Å². The Morgan fingerprint density at radius 3 is 2.54 bits per heavy atom. The van der Waals surface area contributed by atoms with Crippen LogP contribution in [0.2, 0.25) is 0 Å². The number of aromatic amines is 1. The van der Waals surface area contributed by atoms with Crippen LogP contribution in [0.15, 0.2) is 28.1 Å². The fraction of sp³-hybridized carbons (Fsp3) is 0.312. The van der Waals surface area contributed by atoms with Crippen LogP contribution in [0.5, 0.6) is 17.2 Å². The Morgan fingerprint density at radius 2 is 1.96 bits per heavy atom. The molecule has 0 fully saturated rings. The van der Waals surface area contributed by atoms with Gasteiger partial charge in [0.05, 0.1) is 20.4 Å². The Bertz CT molecular complexity index is 761. The van der Waals surface area contributed by atoms with Crippen molar-refractivity contribution in [3.63, 3.8) is 0 Å². The number of anilines is 1. The number of ether oxygens (including phenoxy) is 2. The lowest BCUT2D eigenvalue weighted by Crippen LogP contribution is -2.12. The third kappa shape index (κ3) is 4.25. The van der Waals surface area contributed by atoms with Crippen LogP contribution in [-0.4, -0.2) is 35.5 Å². The first-order valence-electron chi connectivity index (χ1n) is 7.41. The fourth-order valence-electron chi connectivity index (χ4n) is 2.10. The summed E-state index contributed by atoms with van der Waals surface area (Å²) in [6, 6.07) is 4.67. The highest BCUT2D eigenvalue weighted by Gasteiger charge is 2.10. The van der Waals surface area contributed by atoms with Gasteiger partial charge in [-0.25, -0.2) is 10.4 Å². The normalized spacial score (nSPS) is 10.8. The number of nitrogens with zero attached hydrogens (tertiary/aromatic N) is 2. The van der Waals surface area contributed by atoms with Crippen LogP contribution in [0, 0.1) is 0 Å². The lowest BCUT2D eigenvalue weighted by molar-refractivity contribution is 0.340. The molecule has 1 heterocycles. The number of hydrogen-bond acceptors (Lipinski definition) is 7. The number of H-pyrrole nitrogens is 1. The number of methoxy groups -OCH3 is 2. The van der Waals surface area contributed by atoms with Crippen molar-refractivity contribution in [3.05, 3.63) is 39.8 Å². The van der Waals surface area contributed by atoms with Gasteiger partial charge >= 0.3 is 0 Å². The Balaban J connectivity index is 2.19. The molecule has 0 saturated carbocycles. The molecular weight excluding hydrogens is 312 g/mol. The molecule has 2 aromatic rings. The summed E-state index contributed by atoms with van der Waals surface area (Å²) in [7, 11) is 2.89. The molecule has 128 valence electrons. The van der Waals surface area contributed by atoms with Gasteiger partial charge in [-0.15, -0.1) is 0 Å². The number of phenolic OH excluding ortho intramolecular Hbond substituents is 1. The number of aromatic hydroxyl groups is 1. The van der Waals surface area contributed by atoms with Gasteiger partial charge in [0.2, 0.25) is 11.7 Å². The summed E-state index contributed by atoms with van der Waals surface area (Å²) in [5, 5.41) is 13.9. The predicted molar refractivity (Wildman–Crippen MR) is 91.3 cm³/mol. The minimum absolute atomic E-state index is 0.0802. The number of aromatic nitrogens is 2. The SMILES string of the molecule is CCCc1cc(=O)[nH]c(N/N=C/c2cc(OC)c(O)c(OC)c2)n1. The Morgan fingerprint density at radius 1 is 1.29 bits per heavy atom. The van der Waals surface area contributed by atoms with Crippen molar-refractivity contribution in [1.82, 2.24) is 9.97 Å². The number of benzene rings is 1. The molecule has 0 saturated heterocycles. The average molecular weight is 332 g/mol. The quantitative estimate of drug-likeness (QED) is 0.528. The monoisotopic (exact) mass is 332 g/mol. The summed E-state index contributed by atoms with van der Waals surface area (Å²) in [5.74, 6) is 0.725. The van der Waals surface area contributed by atoms with Crippen LogP contribution in [0.4, 0.5) is 5.95 Å². The maximum absolute atomic E-state index is 11.6. The molecule has 8 nitrogen and oxygen atoms in total. The van der Waals surface area contributed by atoms with E-state index in [9.17, 15) is 9.90 Å². The molecule has 0 aliphatic heterocycles. The number of phenols is 1. The largest absolute Gasteiger partial charge is 0.502 e. The molecule has 0 aliphatic carbocycles. The van der Waals surface area contributed by atoms with E-state index in [0.717, 1.165) is 6.42 Å². The van der Waals surface area contributed by atoms with Gasteiger partial charge in [-0.1, -0.05) is 13.3 Å². The van der Waals surface area contributed by atoms with E-state index in [-0.39, 0.29) is 28.8 Å². The average Bonchev–Trinajstić information content (AvgIpc) is 2.56. The summed E-state index contributed by atoms with van der Waals surface area (Å²) < 4.78 is 10.2. The molecule has 2 rings (SSSR count). The van der Waals surface area contributed by atoms with Gasteiger partial charge in [0.25, 0.3) is 5.56 Å². The molecule has 3 N–H and O–H groups in total. The van der Waals surface area contributed by atoms with Crippen molar-refractivity contribution in [2.75, 3.05) is 19.6 Å². The number of nitrogens with one attached hydrogen (secondary N) is 2. The molecule has 0 unspecified atom stereocenters. The van der Waals surface area contributed by atoms with Gasteiger partial charge in [-0.2, -0.15) is 5.10 Å². The second-order valence-electron chi connectivity index (χ2n) is 4.98. The Hall–Kier alpha value is -3.03. The van der Waals surface area contributed by atoms with Crippen LogP contribution in [0.3, 0.4) is 0 Å². The lowest BCUT2D eigenvalue weighted by Gasteiger charge is -2.09. The topological polar surface area (TPSA) is 109 Å². The summed E-state index contributed by atoms with van der Waals surface area (Å²) in [6.45, 7) is 2.01. The third-order valence-electron chi connectivity index (χ3n) is 3.19. The first kappa shape index (κ1) is 17.3. The second kappa shape index (κ2) is 8.00. The first-order valence-corrected chi connectivity index (χ1v) is 7.41. The molecule has 0 amide bonds. The van der Waals surface area contributed by atoms with Gasteiger partial charge in [-0.05, 0) is 18.6 Å². The van der Waals surface area contributed by atoms with Crippen LogP contribution >= 0.6 is 0 Å². The first-order chi connectivity index (χ1) is 11.6. The van der Waals surface area contributed by atoms with Gasteiger partial charge in [0.15, 0.2) is 11.5 Å². The smallest absolute Gasteiger partial charge is 0.252 e. The summed E-state index contributed by atoms with van der Waals surface area (Å²) in [6.07, 6.45) is 3.11. The van der Waals surface area contributed by atoms with E-state index in [2.05, 4.69) is 20.5 Å². The third-order valence-corrected chi connectivity index (χ3v) is 3.19. The lowest BCUT2D eigenvalue weighted by atomic mass is 10.2. The standard InChI is InChI=1S/C16H20N4O4/c1-4-5-11-8-14(21)19-16(18-11)20-17-9-10-6-12(23-2)15(22)13(7-10)24-3/h6-9,22H,4-5H2,1-3H3,(H2,18,19,20,21)/b17-9+. The molecule has 1 aromatic heterocycles. The fourth-order valence-corrected chi connectivity index (χ4v) is 2.10. The van der Waals surface area contributed by atoms with Crippen molar-refractivity contribution in [2.24, 2.45) is 5.10 Å². The van der Waals surface area contributed by atoms with E-state index in [1.165, 1.54) is 26.5 Å². The molecule has 1 aromatic carbocycles. The van der Waals surface area contributed by atoms with Gasteiger partial charge in [0, 0.05) is 17.3 Å². The van der Waals surface area contributed by atoms with Crippen LogP contribution < -0.4 is 20.5 Å². The predicted octanol–water partition coefficient (Wildman–Crippen LogP) is 1.89. The highest BCUT2D eigenvalue weighted by atomic mass is 16.5. The zero-order chi connectivity index (χ0) is 17.5. The minimum Gasteiger partial charge on any atom is -0.502 e. The van der Waals surface area contributed by atoms with Gasteiger partial charge in [-0.3, -0.25) is 9.78 Å². The highest BCUT2D eigenvalue weighted by Crippen LogP contribution is 2.36. The maximum atomic E-state index is 11.6. The summed E-state index contributed by atoms with van der Waals surface area (Å²) >= 11 is 0. The number of hydrazone groups is 1. The maximum Gasteiger partial charge on any atom is 0.252 e. The summed E-state index contributed by atoms with van der Waals surface area (Å²) in [4.78, 5) is 18.4. The molecule has 0 radical (unpaired) electrons. The van der Waals surface area contributed by atoms with Crippen molar-refractivity contribution in [2.45, 2.75) is 19.8 Å². The molecule has 0 spiro atoms. The van der Waals surface area contributed by atoms with E-state index >= 15 is 0 Å². The van der Waals surface area contributed by atoms with Gasteiger partial charge < -0.3 is 14.6 Å². The molecular formula is C16H20N4O4. The van der Waals surface area contributed by atoms with Crippen LogP contribution in [0.25, 0.3) is 0 Å². The van der Waals surface area contributed by atoms with Crippen LogP contribution in [-0.2, 0) is 6.42 Å². The zero-order valence-corrected chi connectivity index (χ0v) is 13.8. The zero-order valence-electron chi connectivity index (χ0n) is 13.8. The summed E-state index contributed by atoms with van der Waals surface area (Å²) in [5.41, 5.74) is 3.78. The number of aryl methyl sites for hydroxylation is 1. The van der Waals surface area contributed by atoms with Crippen molar-refractivity contribution >= 4 is 12.2 Å². The Kier molecular flexibility index (Phi) is 5.78. The highest BCUT2D eigenvalue weighted by molar-refractivity contribution is 5.82. The number of hydrogen-bond donors (Lipinski definition) is 3. The molecule has 0 bridgehead atoms. The molecule has 0 aliphatic rings. The van der Waals surface area contributed by atoms with Crippen molar-refractivity contribution in [3.8, 4) is 17.2 Å². The number of rotatable bonds is 7. The molecule has 8 heteroatoms. The van der Waals surface area contributed by atoms with Crippen molar-refractivity contribution in [1.29, 1.82) is 0 Å². The van der Waals surface area contributed by atoms with Gasteiger partial charge in [0.1, 0.15) is 0 Å². The van der Waals surface area contributed by atoms with Crippen LogP contribution in [0.1, 0.15) is 24.6 Å². The van der Waals surface area contributed by atoms with E-state index in [0.29, 0.717) is 17.7 Å². The van der Waals surface area contributed by atoms with E-state index in [4.69, 9.17) is 9.47 Å². The molecule has 24 heavy (non-hydrogen) atoms. The second-order valence-corrected chi connectivity index (χ2v) is 4.98. The van der Waals surface area contributed by atoms with E-state index in [1.807, 2.05) is 6.92 Å². The minimum atomic E-state index is -0.237. The van der Waals surface area contributed by atoms with E-state index < -0.39 is 0 Å². The molecule has 0 atom stereocenters. The van der Waals surface area contributed by atoms with Crippen molar-refractivity contribution < 1.29 is 14.6 Å². The van der Waals surface area contributed by atoms with E-state index in [1.54, 1.807) is 12.1 Å².